The Bertz CT molecular complexity index is 273. The molecule has 0 unspecified atom stereocenters. The maximum atomic E-state index is 6.06. The fourth-order valence-electron chi connectivity index (χ4n) is 3.78. The van der Waals surface area contributed by atoms with Crippen LogP contribution in [0, 0.1) is 5.92 Å². The number of ether oxygens (including phenoxy) is 1. The zero-order chi connectivity index (χ0) is 13.1. The van der Waals surface area contributed by atoms with Crippen LogP contribution in [0.5, 0.6) is 0 Å². The summed E-state index contributed by atoms with van der Waals surface area (Å²) < 4.78 is 6.06. The Kier molecular flexibility index (Phi) is 4.42. The second kappa shape index (κ2) is 6.08. The Balaban J connectivity index is 1.42. The van der Waals surface area contributed by atoms with E-state index in [0.717, 1.165) is 25.6 Å². The smallest absolute Gasteiger partial charge is 0.0831 e. The highest BCUT2D eigenvalue weighted by Crippen LogP contribution is 2.28. The molecular weight excluding hydrogens is 238 g/mol. The van der Waals surface area contributed by atoms with Crippen molar-refractivity contribution in [3.05, 3.63) is 0 Å². The van der Waals surface area contributed by atoms with Crippen molar-refractivity contribution in [2.75, 3.05) is 59.5 Å². The second-order valence-corrected chi connectivity index (χ2v) is 6.76. The summed E-state index contributed by atoms with van der Waals surface area (Å²) in [5.74, 6) is 0.927. The third-order valence-electron chi connectivity index (χ3n) is 5.26. The van der Waals surface area contributed by atoms with E-state index in [2.05, 4.69) is 22.2 Å². The maximum absolute atomic E-state index is 6.06. The van der Waals surface area contributed by atoms with Gasteiger partial charge in [0.05, 0.1) is 12.2 Å². The van der Waals surface area contributed by atoms with E-state index in [1.807, 2.05) is 0 Å². The van der Waals surface area contributed by atoms with Gasteiger partial charge in [0, 0.05) is 32.7 Å². The molecule has 4 heteroatoms. The van der Waals surface area contributed by atoms with E-state index < -0.39 is 0 Å². The van der Waals surface area contributed by atoms with Crippen LogP contribution in [0.3, 0.4) is 0 Å². The maximum Gasteiger partial charge on any atom is 0.0831 e. The molecule has 3 saturated heterocycles. The van der Waals surface area contributed by atoms with Crippen molar-refractivity contribution >= 4 is 0 Å². The molecule has 0 aliphatic carbocycles. The number of rotatable bonds is 2. The second-order valence-electron chi connectivity index (χ2n) is 6.76. The minimum absolute atomic E-state index is 0.168. The quantitative estimate of drug-likeness (QED) is 0.800. The first kappa shape index (κ1) is 13.8. The fraction of sp³-hybridized carbons (Fsp3) is 1.00. The first-order chi connectivity index (χ1) is 9.26. The number of morpholine rings is 1. The molecule has 110 valence electrons. The van der Waals surface area contributed by atoms with Gasteiger partial charge >= 0.3 is 0 Å². The standard InChI is InChI=1S/C15H29N3O/c1-17-7-2-14(3-8-17)12-18-9-4-15(5-10-18)13-16-6-11-19-15/h14,16H,2-13H2,1H3. The number of hydrogen-bond acceptors (Lipinski definition) is 4. The highest BCUT2D eigenvalue weighted by molar-refractivity contribution is 4.92. The minimum atomic E-state index is 0.168. The molecule has 0 bridgehead atoms. The van der Waals surface area contributed by atoms with Gasteiger partial charge in [-0.3, -0.25) is 0 Å². The van der Waals surface area contributed by atoms with Gasteiger partial charge in [-0.25, -0.2) is 0 Å². The fourth-order valence-corrected chi connectivity index (χ4v) is 3.78. The first-order valence-electron chi connectivity index (χ1n) is 8.01. The van der Waals surface area contributed by atoms with Gasteiger partial charge in [0.25, 0.3) is 0 Å². The van der Waals surface area contributed by atoms with Gasteiger partial charge in [-0.2, -0.15) is 0 Å². The van der Waals surface area contributed by atoms with E-state index >= 15 is 0 Å². The molecule has 0 aromatic carbocycles. The third kappa shape index (κ3) is 3.48. The topological polar surface area (TPSA) is 27.7 Å². The van der Waals surface area contributed by atoms with E-state index in [1.54, 1.807) is 0 Å². The molecule has 0 saturated carbocycles. The number of piperidine rings is 2. The summed E-state index contributed by atoms with van der Waals surface area (Å²) in [7, 11) is 2.24. The summed E-state index contributed by atoms with van der Waals surface area (Å²) in [6.07, 6.45) is 5.20. The predicted molar refractivity (Wildman–Crippen MR) is 77.4 cm³/mol. The van der Waals surface area contributed by atoms with Crippen molar-refractivity contribution in [3.8, 4) is 0 Å². The summed E-state index contributed by atoms with van der Waals surface area (Å²) in [5, 5.41) is 3.50. The van der Waals surface area contributed by atoms with Gasteiger partial charge in [0.1, 0.15) is 0 Å². The van der Waals surface area contributed by atoms with Crippen LogP contribution in [0.2, 0.25) is 0 Å². The predicted octanol–water partition coefficient (Wildman–Crippen LogP) is 0.783. The number of nitrogens with one attached hydrogen (secondary N) is 1. The largest absolute Gasteiger partial charge is 0.372 e. The molecule has 0 aromatic rings. The molecule has 0 atom stereocenters. The molecule has 0 amide bonds. The van der Waals surface area contributed by atoms with Gasteiger partial charge in [0.15, 0.2) is 0 Å². The Labute approximate surface area is 117 Å². The minimum Gasteiger partial charge on any atom is -0.372 e. The lowest BCUT2D eigenvalue weighted by atomic mass is 9.88. The van der Waals surface area contributed by atoms with Gasteiger partial charge in [-0.15, -0.1) is 0 Å². The molecule has 1 spiro atoms. The molecule has 3 fully saturated rings. The highest BCUT2D eigenvalue weighted by atomic mass is 16.5. The molecule has 3 rings (SSSR count). The van der Waals surface area contributed by atoms with E-state index in [0.29, 0.717) is 0 Å². The van der Waals surface area contributed by atoms with Crippen molar-refractivity contribution in [3.63, 3.8) is 0 Å². The van der Waals surface area contributed by atoms with Crippen LogP contribution in [0.4, 0.5) is 0 Å². The summed E-state index contributed by atoms with van der Waals surface area (Å²) >= 11 is 0. The first-order valence-corrected chi connectivity index (χ1v) is 8.01. The van der Waals surface area contributed by atoms with Gasteiger partial charge in [-0.1, -0.05) is 0 Å². The van der Waals surface area contributed by atoms with Gasteiger partial charge in [0.2, 0.25) is 0 Å². The van der Waals surface area contributed by atoms with Gasteiger partial charge in [-0.05, 0) is 51.7 Å². The van der Waals surface area contributed by atoms with Crippen molar-refractivity contribution in [1.29, 1.82) is 0 Å². The molecule has 3 aliphatic heterocycles. The molecule has 19 heavy (non-hydrogen) atoms. The third-order valence-corrected chi connectivity index (χ3v) is 5.26. The van der Waals surface area contributed by atoms with E-state index in [1.165, 1.54) is 58.4 Å². The number of nitrogens with zero attached hydrogens (tertiary/aromatic N) is 2. The Morgan fingerprint density at radius 2 is 1.89 bits per heavy atom. The van der Waals surface area contributed by atoms with Crippen LogP contribution in [0.1, 0.15) is 25.7 Å². The summed E-state index contributed by atoms with van der Waals surface area (Å²) in [6.45, 7) is 9.34. The lowest BCUT2D eigenvalue weighted by Gasteiger charge is -2.45. The van der Waals surface area contributed by atoms with E-state index in [-0.39, 0.29) is 5.60 Å². The van der Waals surface area contributed by atoms with Crippen LogP contribution in [-0.2, 0) is 4.74 Å². The summed E-state index contributed by atoms with van der Waals surface area (Å²) in [4.78, 5) is 5.14. The van der Waals surface area contributed by atoms with Crippen LogP contribution in [-0.4, -0.2) is 74.9 Å². The SMILES string of the molecule is CN1CCC(CN2CCC3(CC2)CNCCO3)CC1. The Morgan fingerprint density at radius 1 is 1.16 bits per heavy atom. The van der Waals surface area contributed by atoms with Gasteiger partial charge < -0.3 is 19.9 Å². The summed E-state index contributed by atoms with van der Waals surface area (Å²) in [6, 6.07) is 0. The Hall–Kier alpha value is -0.160. The molecule has 3 aliphatic rings. The average Bonchev–Trinajstić information content (AvgIpc) is 2.45. The average molecular weight is 267 g/mol. The zero-order valence-corrected chi connectivity index (χ0v) is 12.4. The lowest BCUT2D eigenvalue weighted by Crippen LogP contribution is -2.56. The molecular formula is C15H29N3O. The zero-order valence-electron chi connectivity index (χ0n) is 12.4. The van der Waals surface area contributed by atoms with E-state index in [9.17, 15) is 0 Å². The monoisotopic (exact) mass is 267 g/mol. The molecule has 1 N–H and O–H groups in total. The van der Waals surface area contributed by atoms with Crippen LogP contribution in [0.25, 0.3) is 0 Å². The van der Waals surface area contributed by atoms with Crippen molar-refractivity contribution < 1.29 is 4.74 Å². The van der Waals surface area contributed by atoms with E-state index in [4.69, 9.17) is 4.74 Å². The lowest BCUT2D eigenvalue weighted by molar-refractivity contribution is -0.101. The normalized spacial score (nSPS) is 30.8. The highest BCUT2D eigenvalue weighted by Gasteiger charge is 2.37. The molecule has 0 radical (unpaired) electrons. The number of likely N-dealkylation sites (tertiary alicyclic amines) is 2. The summed E-state index contributed by atoms with van der Waals surface area (Å²) in [5.41, 5.74) is 0.168. The molecule has 0 aromatic heterocycles. The van der Waals surface area contributed by atoms with Crippen LogP contribution < -0.4 is 5.32 Å². The number of hydrogen-bond donors (Lipinski definition) is 1. The van der Waals surface area contributed by atoms with Crippen molar-refractivity contribution in [1.82, 2.24) is 15.1 Å². The van der Waals surface area contributed by atoms with Crippen LogP contribution in [0.15, 0.2) is 0 Å². The van der Waals surface area contributed by atoms with Crippen molar-refractivity contribution in [2.45, 2.75) is 31.3 Å². The Morgan fingerprint density at radius 3 is 2.53 bits per heavy atom. The molecule has 4 nitrogen and oxygen atoms in total. The van der Waals surface area contributed by atoms with Crippen molar-refractivity contribution in [2.24, 2.45) is 5.92 Å². The van der Waals surface area contributed by atoms with Crippen LogP contribution >= 0.6 is 0 Å². The molecule has 3 heterocycles.